The van der Waals surface area contributed by atoms with Crippen LogP contribution in [0.3, 0.4) is 0 Å². The Hall–Kier alpha value is -0.760. The van der Waals surface area contributed by atoms with E-state index in [9.17, 15) is 0 Å². The Morgan fingerprint density at radius 2 is 2.21 bits per heavy atom. The second-order valence-electron chi connectivity index (χ2n) is 3.30. The van der Waals surface area contributed by atoms with Crippen molar-refractivity contribution in [2.45, 2.75) is 20.0 Å². The largest absolute Gasteiger partial charge is 0.491 e. The number of ether oxygens (including phenoxy) is 1. The van der Waals surface area contributed by atoms with Crippen molar-refractivity contribution in [1.82, 2.24) is 0 Å². The van der Waals surface area contributed by atoms with Gasteiger partial charge in [-0.2, -0.15) is 0 Å². The molecule has 0 heterocycles. The third-order valence-corrected chi connectivity index (χ3v) is 2.00. The topological polar surface area (TPSA) is 9.23 Å². The van der Waals surface area contributed by atoms with Gasteiger partial charge < -0.3 is 4.74 Å². The first kappa shape index (κ1) is 11.3. The molecule has 0 radical (unpaired) electrons. The molecule has 0 fully saturated rings. The fourth-order valence-corrected chi connectivity index (χ4v) is 1.33. The van der Waals surface area contributed by atoms with Gasteiger partial charge in [0.15, 0.2) is 0 Å². The maximum Gasteiger partial charge on any atom is 0.120 e. The van der Waals surface area contributed by atoms with Crippen LogP contribution in [0.1, 0.15) is 19.4 Å². The molecule has 0 spiro atoms. The molecule has 0 atom stereocenters. The Labute approximate surface area is 93.9 Å². The first-order valence-electron chi connectivity index (χ1n) is 4.71. The first-order chi connectivity index (χ1) is 6.72. The van der Waals surface area contributed by atoms with Crippen molar-refractivity contribution >= 4 is 22.0 Å². The molecule has 0 aromatic heterocycles. The summed E-state index contributed by atoms with van der Waals surface area (Å²) in [5.41, 5.74) is 1.17. The Morgan fingerprint density at radius 3 is 2.86 bits per heavy atom. The molecular weight excluding hydrogens is 240 g/mol. The van der Waals surface area contributed by atoms with E-state index in [4.69, 9.17) is 4.74 Å². The van der Waals surface area contributed by atoms with Crippen LogP contribution in [-0.2, 0) is 0 Å². The van der Waals surface area contributed by atoms with Crippen molar-refractivity contribution < 1.29 is 4.74 Å². The van der Waals surface area contributed by atoms with Gasteiger partial charge in [0.25, 0.3) is 0 Å². The molecule has 1 aromatic carbocycles. The van der Waals surface area contributed by atoms with Gasteiger partial charge in [-0.1, -0.05) is 40.2 Å². The summed E-state index contributed by atoms with van der Waals surface area (Å²) in [6.45, 7) is 4.06. The molecule has 0 aliphatic rings. The van der Waals surface area contributed by atoms with Crippen LogP contribution in [0, 0.1) is 0 Å². The Bertz CT molecular complexity index is 305. The van der Waals surface area contributed by atoms with Crippen LogP contribution < -0.4 is 4.74 Å². The van der Waals surface area contributed by atoms with E-state index in [1.807, 2.05) is 32.0 Å². The minimum atomic E-state index is 0.227. The monoisotopic (exact) mass is 254 g/mol. The van der Waals surface area contributed by atoms with Crippen LogP contribution >= 0.6 is 15.9 Å². The van der Waals surface area contributed by atoms with Gasteiger partial charge in [0.2, 0.25) is 0 Å². The summed E-state index contributed by atoms with van der Waals surface area (Å²) in [7, 11) is 0. The van der Waals surface area contributed by atoms with E-state index in [2.05, 4.69) is 34.1 Å². The Morgan fingerprint density at radius 1 is 1.43 bits per heavy atom. The van der Waals surface area contributed by atoms with Crippen LogP contribution in [0.25, 0.3) is 6.08 Å². The number of allylic oxidation sites excluding steroid dienone is 1. The highest BCUT2D eigenvalue weighted by Gasteiger charge is 1.96. The number of hydrogen-bond acceptors (Lipinski definition) is 1. The summed E-state index contributed by atoms with van der Waals surface area (Å²) in [4.78, 5) is 0. The van der Waals surface area contributed by atoms with Crippen molar-refractivity contribution in [3.8, 4) is 5.75 Å². The summed E-state index contributed by atoms with van der Waals surface area (Å²) >= 11 is 3.35. The summed E-state index contributed by atoms with van der Waals surface area (Å²) in [5.74, 6) is 0.928. The van der Waals surface area contributed by atoms with E-state index in [-0.39, 0.29) is 6.10 Å². The molecular formula is C12H15BrO. The number of rotatable bonds is 4. The predicted molar refractivity (Wildman–Crippen MR) is 65.0 cm³/mol. The zero-order valence-electron chi connectivity index (χ0n) is 8.53. The van der Waals surface area contributed by atoms with Crippen molar-refractivity contribution in [2.75, 3.05) is 5.33 Å². The maximum atomic E-state index is 5.59. The zero-order valence-corrected chi connectivity index (χ0v) is 10.1. The minimum absolute atomic E-state index is 0.227. The Kier molecular flexibility index (Phi) is 4.74. The third kappa shape index (κ3) is 3.97. The first-order valence-corrected chi connectivity index (χ1v) is 5.83. The fraction of sp³-hybridized carbons (Fsp3) is 0.333. The van der Waals surface area contributed by atoms with E-state index >= 15 is 0 Å². The molecule has 0 N–H and O–H groups in total. The zero-order chi connectivity index (χ0) is 10.4. The smallest absolute Gasteiger partial charge is 0.120 e. The van der Waals surface area contributed by atoms with Gasteiger partial charge in [-0.25, -0.2) is 0 Å². The lowest BCUT2D eigenvalue weighted by molar-refractivity contribution is 0.242. The molecule has 0 saturated carbocycles. The molecule has 76 valence electrons. The van der Waals surface area contributed by atoms with Crippen molar-refractivity contribution in [3.63, 3.8) is 0 Å². The van der Waals surface area contributed by atoms with E-state index in [1.165, 1.54) is 5.56 Å². The van der Waals surface area contributed by atoms with E-state index in [0.29, 0.717) is 0 Å². The molecule has 0 aliphatic carbocycles. The number of halogens is 1. The summed E-state index contributed by atoms with van der Waals surface area (Å²) in [5, 5.41) is 0.877. The average Bonchev–Trinajstić information content (AvgIpc) is 2.14. The molecule has 2 heteroatoms. The maximum absolute atomic E-state index is 5.59. The highest BCUT2D eigenvalue weighted by molar-refractivity contribution is 9.09. The molecule has 1 nitrogen and oxygen atoms in total. The summed E-state index contributed by atoms with van der Waals surface area (Å²) < 4.78 is 5.59. The van der Waals surface area contributed by atoms with Crippen molar-refractivity contribution in [1.29, 1.82) is 0 Å². The van der Waals surface area contributed by atoms with Gasteiger partial charge >= 0.3 is 0 Å². The lowest BCUT2D eigenvalue weighted by Crippen LogP contribution is -2.05. The molecule has 1 aromatic rings. The lowest BCUT2D eigenvalue weighted by atomic mass is 10.2. The summed E-state index contributed by atoms with van der Waals surface area (Å²) in [6.07, 6.45) is 4.36. The van der Waals surface area contributed by atoms with E-state index in [0.717, 1.165) is 11.1 Å². The van der Waals surface area contributed by atoms with Crippen LogP contribution in [0.5, 0.6) is 5.75 Å². The van der Waals surface area contributed by atoms with Crippen LogP contribution in [0.4, 0.5) is 0 Å². The molecule has 0 saturated heterocycles. The Balaban J connectivity index is 2.73. The van der Waals surface area contributed by atoms with Gasteiger partial charge in [0, 0.05) is 5.33 Å². The molecule has 14 heavy (non-hydrogen) atoms. The summed E-state index contributed by atoms with van der Waals surface area (Å²) in [6, 6.07) is 8.09. The van der Waals surface area contributed by atoms with Crippen LogP contribution in [-0.4, -0.2) is 11.4 Å². The lowest BCUT2D eigenvalue weighted by Gasteiger charge is -2.09. The van der Waals surface area contributed by atoms with Crippen molar-refractivity contribution in [2.24, 2.45) is 0 Å². The van der Waals surface area contributed by atoms with Gasteiger partial charge in [0.1, 0.15) is 5.75 Å². The quantitative estimate of drug-likeness (QED) is 0.742. The number of hydrogen-bond donors (Lipinski definition) is 0. The standard InChI is InChI=1S/C12H15BrO/c1-10(2)14-12-7-3-5-11(9-12)6-4-8-13/h3-7,9-10H,8H2,1-2H3. The van der Waals surface area contributed by atoms with Gasteiger partial charge in [-0.15, -0.1) is 0 Å². The highest BCUT2D eigenvalue weighted by Crippen LogP contribution is 2.15. The number of alkyl halides is 1. The van der Waals surface area contributed by atoms with Crippen LogP contribution in [0.15, 0.2) is 30.3 Å². The predicted octanol–water partition coefficient (Wildman–Crippen LogP) is 3.88. The molecule has 0 aliphatic heterocycles. The third-order valence-electron chi connectivity index (χ3n) is 1.63. The second kappa shape index (κ2) is 5.86. The SMILES string of the molecule is CC(C)Oc1cccc(C=CCBr)c1. The molecule has 1 rings (SSSR count). The normalized spacial score (nSPS) is 11.1. The van der Waals surface area contributed by atoms with Gasteiger partial charge in [-0.3, -0.25) is 0 Å². The molecule has 0 unspecified atom stereocenters. The van der Waals surface area contributed by atoms with E-state index < -0.39 is 0 Å². The second-order valence-corrected chi connectivity index (χ2v) is 3.94. The van der Waals surface area contributed by atoms with Crippen molar-refractivity contribution in [3.05, 3.63) is 35.9 Å². The van der Waals surface area contributed by atoms with E-state index in [1.54, 1.807) is 0 Å². The van der Waals surface area contributed by atoms with Gasteiger partial charge in [0.05, 0.1) is 6.10 Å². The molecule has 0 amide bonds. The van der Waals surface area contributed by atoms with Crippen LogP contribution in [0.2, 0.25) is 0 Å². The van der Waals surface area contributed by atoms with Gasteiger partial charge in [-0.05, 0) is 31.5 Å². The average molecular weight is 255 g/mol. The highest BCUT2D eigenvalue weighted by atomic mass is 79.9. The molecule has 0 bridgehead atoms. The fourth-order valence-electron chi connectivity index (χ4n) is 1.14. The number of benzene rings is 1. The minimum Gasteiger partial charge on any atom is -0.491 e.